The highest BCUT2D eigenvalue weighted by atomic mass is 32.2. The average molecular weight is 257 g/mol. The molecule has 98 valence electrons. The van der Waals surface area contributed by atoms with Crippen LogP contribution in [0.5, 0.6) is 0 Å². The Bertz CT molecular complexity index is 218. The monoisotopic (exact) mass is 257 g/mol. The van der Waals surface area contributed by atoms with E-state index in [9.17, 15) is 0 Å². The highest BCUT2D eigenvalue weighted by molar-refractivity contribution is 7.99. The summed E-state index contributed by atoms with van der Waals surface area (Å²) in [5.74, 6) is 2.60. The quantitative estimate of drug-likeness (QED) is 0.723. The van der Waals surface area contributed by atoms with Crippen LogP contribution in [0.15, 0.2) is 0 Å². The fourth-order valence-electron chi connectivity index (χ4n) is 3.12. The van der Waals surface area contributed by atoms with Gasteiger partial charge in [-0.25, -0.2) is 10.0 Å². The lowest BCUT2D eigenvalue weighted by atomic mass is 10.3. The summed E-state index contributed by atoms with van der Waals surface area (Å²) in [6, 6.07) is 0. The molecule has 4 nitrogen and oxygen atoms in total. The zero-order valence-electron chi connectivity index (χ0n) is 10.5. The Morgan fingerprint density at radius 3 is 2.47 bits per heavy atom. The number of hydrogen-bond donors (Lipinski definition) is 0. The molecule has 3 aliphatic rings. The first-order chi connectivity index (χ1) is 8.45. The van der Waals surface area contributed by atoms with Crippen molar-refractivity contribution < 1.29 is 4.74 Å². The molecule has 3 aliphatic heterocycles. The van der Waals surface area contributed by atoms with Crippen LogP contribution in [0, 0.1) is 0 Å². The minimum absolute atomic E-state index is 0.655. The second-order valence-corrected chi connectivity index (χ2v) is 6.23. The molecule has 0 aromatic rings. The second kappa shape index (κ2) is 5.89. The Morgan fingerprint density at radius 2 is 1.71 bits per heavy atom. The molecule has 0 spiro atoms. The molecule has 0 bridgehead atoms. The van der Waals surface area contributed by atoms with E-state index in [-0.39, 0.29) is 0 Å². The normalized spacial score (nSPS) is 34.2. The fraction of sp³-hybridized carbons (Fsp3) is 1.00. The minimum Gasteiger partial charge on any atom is -0.379 e. The molecule has 0 aromatic heterocycles. The van der Waals surface area contributed by atoms with Crippen LogP contribution in [0.3, 0.4) is 0 Å². The van der Waals surface area contributed by atoms with Gasteiger partial charge < -0.3 is 4.74 Å². The Kier molecular flexibility index (Phi) is 4.24. The van der Waals surface area contributed by atoms with Crippen molar-refractivity contribution in [3.05, 3.63) is 0 Å². The average Bonchev–Trinajstić information content (AvgIpc) is 2.90. The van der Waals surface area contributed by atoms with Crippen LogP contribution in [0.2, 0.25) is 0 Å². The molecular formula is C12H23N3OS. The first-order valence-corrected chi connectivity index (χ1v) is 8.02. The van der Waals surface area contributed by atoms with Gasteiger partial charge in [0.1, 0.15) is 0 Å². The van der Waals surface area contributed by atoms with Gasteiger partial charge in [-0.05, 0) is 12.8 Å². The zero-order valence-corrected chi connectivity index (χ0v) is 11.3. The van der Waals surface area contributed by atoms with Gasteiger partial charge in [-0.2, -0.15) is 11.8 Å². The lowest BCUT2D eigenvalue weighted by Crippen LogP contribution is -2.56. The highest BCUT2D eigenvalue weighted by Gasteiger charge is 2.34. The predicted molar refractivity (Wildman–Crippen MR) is 71.0 cm³/mol. The van der Waals surface area contributed by atoms with Crippen molar-refractivity contribution >= 4 is 11.8 Å². The summed E-state index contributed by atoms with van der Waals surface area (Å²) in [6.45, 7) is 7.80. The molecule has 0 radical (unpaired) electrons. The van der Waals surface area contributed by atoms with Gasteiger partial charge in [-0.15, -0.1) is 0 Å². The molecule has 3 saturated heterocycles. The third kappa shape index (κ3) is 2.79. The topological polar surface area (TPSA) is 19.0 Å². The summed E-state index contributed by atoms with van der Waals surface area (Å²) in [5, 5.41) is 5.24. The summed E-state index contributed by atoms with van der Waals surface area (Å²) in [5.41, 5.74) is 0. The van der Waals surface area contributed by atoms with Crippen LogP contribution >= 0.6 is 11.8 Å². The van der Waals surface area contributed by atoms with Crippen LogP contribution in [0.1, 0.15) is 12.8 Å². The van der Waals surface area contributed by atoms with Gasteiger partial charge >= 0.3 is 0 Å². The number of hydrogen-bond acceptors (Lipinski definition) is 5. The second-order valence-electron chi connectivity index (χ2n) is 5.00. The molecule has 0 N–H and O–H groups in total. The van der Waals surface area contributed by atoms with Crippen LogP contribution in [0.25, 0.3) is 0 Å². The smallest absolute Gasteiger partial charge is 0.0762 e. The first-order valence-electron chi connectivity index (χ1n) is 6.86. The third-order valence-corrected chi connectivity index (χ3v) is 4.95. The molecule has 17 heavy (non-hydrogen) atoms. The molecule has 3 rings (SSSR count). The molecule has 3 fully saturated rings. The standard InChI is InChI=1S/C12H23N3OS/c1-2-12(13-4-8-16-9-5-13)15(3-1)14-6-10-17-11-7-14/h12H,1-11H2. The Balaban J connectivity index is 1.61. The molecule has 1 unspecified atom stereocenters. The van der Waals surface area contributed by atoms with E-state index in [1.54, 1.807) is 0 Å². The van der Waals surface area contributed by atoms with Crippen molar-refractivity contribution in [3.8, 4) is 0 Å². The van der Waals surface area contributed by atoms with Crippen LogP contribution < -0.4 is 0 Å². The molecule has 1 atom stereocenters. The number of thioether (sulfide) groups is 1. The fourth-order valence-corrected chi connectivity index (χ4v) is 4.00. The lowest BCUT2D eigenvalue weighted by Gasteiger charge is -2.43. The maximum atomic E-state index is 5.46. The Hall–Kier alpha value is 0.190. The van der Waals surface area contributed by atoms with Crippen molar-refractivity contribution in [1.82, 2.24) is 14.9 Å². The van der Waals surface area contributed by atoms with E-state index < -0.39 is 0 Å². The van der Waals surface area contributed by atoms with E-state index in [2.05, 4.69) is 26.7 Å². The highest BCUT2D eigenvalue weighted by Crippen LogP contribution is 2.25. The van der Waals surface area contributed by atoms with Crippen molar-refractivity contribution in [2.45, 2.75) is 19.0 Å². The minimum atomic E-state index is 0.655. The van der Waals surface area contributed by atoms with E-state index in [4.69, 9.17) is 4.74 Å². The molecule has 0 amide bonds. The number of nitrogens with zero attached hydrogens (tertiary/aromatic N) is 3. The summed E-state index contributed by atoms with van der Waals surface area (Å²) in [7, 11) is 0. The van der Waals surface area contributed by atoms with Crippen LogP contribution in [-0.4, -0.2) is 78.5 Å². The molecular weight excluding hydrogens is 234 g/mol. The number of hydrazine groups is 1. The number of morpholine rings is 1. The molecule has 0 aromatic carbocycles. The van der Waals surface area contributed by atoms with Gasteiger partial charge in [0, 0.05) is 44.2 Å². The van der Waals surface area contributed by atoms with E-state index in [0.29, 0.717) is 6.17 Å². The van der Waals surface area contributed by atoms with Gasteiger partial charge in [0.05, 0.1) is 19.4 Å². The van der Waals surface area contributed by atoms with E-state index in [0.717, 1.165) is 26.3 Å². The number of ether oxygens (including phenoxy) is 1. The van der Waals surface area contributed by atoms with Gasteiger partial charge in [-0.3, -0.25) is 4.90 Å². The number of rotatable bonds is 2. The van der Waals surface area contributed by atoms with Gasteiger partial charge in [0.25, 0.3) is 0 Å². The summed E-state index contributed by atoms with van der Waals surface area (Å²) < 4.78 is 5.46. The van der Waals surface area contributed by atoms with Gasteiger partial charge in [0.15, 0.2) is 0 Å². The molecule has 3 heterocycles. The van der Waals surface area contributed by atoms with E-state index in [1.807, 2.05) is 0 Å². The summed E-state index contributed by atoms with van der Waals surface area (Å²) in [6.07, 6.45) is 3.34. The third-order valence-electron chi connectivity index (χ3n) is 4.01. The SMILES string of the molecule is C1CC(N2CCOCC2)N(N2CCSCC2)C1. The zero-order chi connectivity index (χ0) is 11.5. The van der Waals surface area contributed by atoms with Crippen LogP contribution in [-0.2, 0) is 4.74 Å². The van der Waals surface area contributed by atoms with Crippen LogP contribution in [0.4, 0.5) is 0 Å². The summed E-state index contributed by atoms with van der Waals surface area (Å²) >= 11 is 2.09. The predicted octanol–water partition coefficient (Wildman–Crippen LogP) is 0.704. The lowest BCUT2D eigenvalue weighted by molar-refractivity contribution is -0.105. The molecule has 5 heteroatoms. The van der Waals surface area contributed by atoms with Gasteiger partial charge in [0.2, 0.25) is 0 Å². The van der Waals surface area contributed by atoms with Crippen molar-refractivity contribution in [2.75, 3.05) is 57.4 Å². The van der Waals surface area contributed by atoms with Crippen molar-refractivity contribution in [3.63, 3.8) is 0 Å². The first kappa shape index (κ1) is 12.2. The molecule has 0 saturated carbocycles. The maximum Gasteiger partial charge on any atom is 0.0762 e. The van der Waals surface area contributed by atoms with E-state index >= 15 is 0 Å². The van der Waals surface area contributed by atoms with Crippen molar-refractivity contribution in [1.29, 1.82) is 0 Å². The maximum absolute atomic E-state index is 5.46. The van der Waals surface area contributed by atoms with Crippen molar-refractivity contribution in [2.24, 2.45) is 0 Å². The Labute approximate surface area is 108 Å². The van der Waals surface area contributed by atoms with E-state index in [1.165, 1.54) is 44.0 Å². The van der Waals surface area contributed by atoms with Gasteiger partial charge in [-0.1, -0.05) is 0 Å². The molecule has 0 aliphatic carbocycles. The summed E-state index contributed by atoms with van der Waals surface area (Å²) in [4.78, 5) is 2.62. The largest absolute Gasteiger partial charge is 0.379 e. The Morgan fingerprint density at radius 1 is 0.941 bits per heavy atom.